The number of hydrogen-bond acceptors (Lipinski definition) is 5. The maximum absolute atomic E-state index is 10.9. The van der Waals surface area contributed by atoms with Gasteiger partial charge in [-0.1, -0.05) is 23.7 Å². The fraction of sp³-hybridized carbons (Fsp3) is 0. The number of aldehydes is 2. The Morgan fingerprint density at radius 2 is 1.11 bits per heavy atom. The maximum Gasteiger partial charge on any atom is 0.153 e. The van der Waals surface area contributed by atoms with E-state index in [4.69, 9.17) is 0 Å². The monoisotopic (exact) mass is 372 g/mol. The van der Waals surface area contributed by atoms with Gasteiger partial charge < -0.3 is 10.2 Å². The van der Waals surface area contributed by atoms with Crippen molar-refractivity contribution in [3.8, 4) is 35.2 Å². The van der Waals surface area contributed by atoms with Gasteiger partial charge in [-0.2, -0.15) is 0 Å². The Bertz CT molecular complexity index is 1060. The van der Waals surface area contributed by atoms with Crippen LogP contribution in [0.4, 0.5) is 0 Å². The summed E-state index contributed by atoms with van der Waals surface area (Å²) in [5.74, 6) is 11.7. The third-order valence-corrected chi connectivity index (χ3v) is 4.49. The quantitative estimate of drug-likeness (QED) is 0.533. The van der Waals surface area contributed by atoms with E-state index in [1.165, 1.54) is 35.6 Å². The number of benzene rings is 2. The van der Waals surface area contributed by atoms with E-state index in [9.17, 15) is 19.8 Å². The summed E-state index contributed by atoms with van der Waals surface area (Å²) in [7, 11) is 0. The number of phenols is 2. The van der Waals surface area contributed by atoms with Crippen LogP contribution >= 0.6 is 11.3 Å². The van der Waals surface area contributed by atoms with Crippen molar-refractivity contribution in [1.29, 1.82) is 0 Å². The van der Waals surface area contributed by atoms with E-state index in [0.29, 0.717) is 23.7 Å². The summed E-state index contributed by atoms with van der Waals surface area (Å²) in [6.45, 7) is 0. The molecule has 0 aliphatic carbocycles. The molecule has 0 saturated heterocycles. The minimum atomic E-state index is -0.0730. The highest BCUT2D eigenvalue weighted by molar-refractivity contribution is 7.13. The van der Waals surface area contributed by atoms with Crippen LogP contribution in [0.15, 0.2) is 48.5 Å². The average Bonchev–Trinajstić information content (AvgIpc) is 3.14. The Labute approximate surface area is 159 Å². The second-order valence-electron chi connectivity index (χ2n) is 5.45. The topological polar surface area (TPSA) is 74.6 Å². The minimum Gasteiger partial charge on any atom is -0.507 e. The van der Waals surface area contributed by atoms with Crippen LogP contribution in [0.5, 0.6) is 11.5 Å². The van der Waals surface area contributed by atoms with Gasteiger partial charge in [-0.15, -0.1) is 11.3 Å². The number of rotatable bonds is 2. The molecule has 0 atom stereocenters. The molecule has 27 heavy (non-hydrogen) atoms. The lowest BCUT2D eigenvalue weighted by Gasteiger charge is -1.96. The molecule has 1 heterocycles. The molecule has 3 aromatic rings. The largest absolute Gasteiger partial charge is 0.507 e. The highest BCUT2D eigenvalue weighted by Gasteiger charge is 2.01. The first-order chi connectivity index (χ1) is 13.1. The van der Waals surface area contributed by atoms with Crippen LogP contribution in [0, 0.1) is 23.7 Å². The molecule has 5 heteroatoms. The highest BCUT2D eigenvalue weighted by atomic mass is 32.1. The summed E-state index contributed by atoms with van der Waals surface area (Å²) >= 11 is 1.41. The highest BCUT2D eigenvalue weighted by Crippen LogP contribution is 2.18. The van der Waals surface area contributed by atoms with E-state index in [1.807, 2.05) is 12.1 Å². The van der Waals surface area contributed by atoms with E-state index < -0.39 is 0 Å². The fourth-order valence-electron chi connectivity index (χ4n) is 2.19. The van der Waals surface area contributed by atoms with Gasteiger partial charge in [0.2, 0.25) is 0 Å². The number of thiophene rings is 1. The predicted octanol–water partition coefficient (Wildman–Crippen LogP) is 3.58. The normalized spacial score (nSPS) is 9.48. The van der Waals surface area contributed by atoms with Gasteiger partial charge in [-0.25, -0.2) is 0 Å². The summed E-state index contributed by atoms with van der Waals surface area (Å²) in [4.78, 5) is 23.3. The van der Waals surface area contributed by atoms with Crippen LogP contribution in [0.25, 0.3) is 0 Å². The van der Waals surface area contributed by atoms with Gasteiger partial charge in [0.15, 0.2) is 12.6 Å². The van der Waals surface area contributed by atoms with Crippen LogP contribution in [-0.4, -0.2) is 22.8 Å². The first kappa shape index (κ1) is 18.0. The van der Waals surface area contributed by atoms with Crippen LogP contribution in [0.2, 0.25) is 0 Å². The van der Waals surface area contributed by atoms with Crippen molar-refractivity contribution in [3.05, 3.63) is 80.5 Å². The van der Waals surface area contributed by atoms with E-state index >= 15 is 0 Å². The van der Waals surface area contributed by atoms with Crippen molar-refractivity contribution >= 4 is 23.9 Å². The molecule has 0 radical (unpaired) electrons. The van der Waals surface area contributed by atoms with Gasteiger partial charge in [0, 0.05) is 11.1 Å². The molecule has 0 unspecified atom stereocenters. The minimum absolute atomic E-state index is 0.0730. The molecule has 0 aliphatic heterocycles. The SMILES string of the molecule is O=Cc1cc(C#Cc2ccc(C#Cc3ccc(O)c(C=O)c3)s2)ccc1O. The number of aromatic hydroxyl groups is 2. The van der Waals surface area contributed by atoms with Gasteiger partial charge >= 0.3 is 0 Å². The predicted molar refractivity (Wildman–Crippen MR) is 103 cm³/mol. The standard InChI is InChI=1S/C22H12O4S/c23-13-17-11-15(3-9-21(17)25)1-5-19-7-8-20(27-19)6-2-16-4-10-22(26)18(12-16)14-24/h3-4,7-14,25-26H. The average molecular weight is 372 g/mol. The summed E-state index contributed by atoms with van der Waals surface area (Å²) in [5.41, 5.74) is 1.65. The molecule has 0 fully saturated rings. The lowest BCUT2D eigenvalue weighted by Crippen LogP contribution is -1.83. The van der Waals surface area contributed by atoms with Crippen molar-refractivity contribution in [1.82, 2.24) is 0 Å². The van der Waals surface area contributed by atoms with Crippen LogP contribution in [-0.2, 0) is 0 Å². The van der Waals surface area contributed by atoms with Gasteiger partial charge in [-0.3, -0.25) is 9.59 Å². The molecule has 0 bridgehead atoms. The summed E-state index contributed by atoms with van der Waals surface area (Å²) in [6, 6.07) is 12.9. The van der Waals surface area contributed by atoms with E-state index in [1.54, 1.807) is 12.1 Å². The Balaban J connectivity index is 1.79. The second kappa shape index (κ2) is 8.05. The third-order valence-electron chi connectivity index (χ3n) is 3.58. The lowest BCUT2D eigenvalue weighted by molar-refractivity contribution is 0.111. The molecule has 1 aromatic heterocycles. The molecule has 0 saturated carbocycles. The molecule has 3 rings (SSSR count). The molecule has 4 nitrogen and oxygen atoms in total. The zero-order valence-electron chi connectivity index (χ0n) is 13.9. The molecular weight excluding hydrogens is 360 g/mol. The van der Waals surface area contributed by atoms with Crippen LogP contribution < -0.4 is 0 Å². The molecular formula is C22H12O4S. The lowest BCUT2D eigenvalue weighted by atomic mass is 10.1. The summed E-state index contributed by atoms with van der Waals surface area (Å²) < 4.78 is 0. The fourth-order valence-corrected chi connectivity index (χ4v) is 2.91. The molecule has 130 valence electrons. The maximum atomic E-state index is 10.9. The van der Waals surface area contributed by atoms with E-state index in [0.717, 1.165) is 9.75 Å². The van der Waals surface area contributed by atoms with Gasteiger partial charge in [0.1, 0.15) is 11.5 Å². The summed E-state index contributed by atoms with van der Waals surface area (Å²) in [6.07, 6.45) is 1.16. The third kappa shape index (κ3) is 4.43. The summed E-state index contributed by atoms with van der Waals surface area (Å²) in [5, 5.41) is 19.0. The first-order valence-electron chi connectivity index (χ1n) is 7.79. The smallest absolute Gasteiger partial charge is 0.153 e. The molecule has 0 amide bonds. The molecule has 2 aromatic carbocycles. The number of carbonyl (C=O) groups is 2. The zero-order valence-corrected chi connectivity index (χ0v) is 14.7. The Morgan fingerprint density at radius 3 is 1.52 bits per heavy atom. The van der Waals surface area contributed by atoms with Crippen molar-refractivity contribution < 1.29 is 19.8 Å². The van der Waals surface area contributed by atoms with Gasteiger partial charge in [0.05, 0.1) is 20.9 Å². The van der Waals surface area contributed by atoms with Gasteiger partial charge in [0.25, 0.3) is 0 Å². The van der Waals surface area contributed by atoms with Gasteiger partial charge in [-0.05, 0) is 48.5 Å². The number of carbonyl (C=O) groups excluding carboxylic acids is 2. The van der Waals surface area contributed by atoms with E-state index in [2.05, 4.69) is 23.7 Å². The second-order valence-corrected chi connectivity index (χ2v) is 6.53. The van der Waals surface area contributed by atoms with Crippen molar-refractivity contribution in [2.45, 2.75) is 0 Å². The molecule has 0 spiro atoms. The van der Waals surface area contributed by atoms with Crippen molar-refractivity contribution in [2.24, 2.45) is 0 Å². The van der Waals surface area contributed by atoms with E-state index in [-0.39, 0.29) is 22.6 Å². The number of phenolic OH excluding ortho intramolecular Hbond substituents is 2. The van der Waals surface area contributed by atoms with Crippen molar-refractivity contribution in [3.63, 3.8) is 0 Å². The number of hydrogen-bond donors (Lipinski definition) is 2. The van der Waals surface area contributed by atoms with Crippen molar-refractivity contribution in [2.75, 3.05) is 0 Å². The zero-order chi connectivity index (χ0) is 19.2. The Hall–Kier alpha value is -3.80. The van der Waals surface area contributed by atoms with Crippen LogP contribution in [0.3, 0.4) is 0 Å². The molecule has 2 N–H and O–H groups in total. The molecule has 0 aliphatic rings. The van der Waals surface area contributed by atoms with Crippen LogP contribution in [0.1, 0.15) is 41.6 Å². The Kier molecular flexibility index (Phi) is 5.37. The Morgan fingerprint density at radius 1 is 0.667 bits per heavy atom. The first-order valence-corrected chi connectivity index (χ1v) is 8.61.